The molecule has 4 nitrogen and oxygen atoms in total. The van der Waals surface area contributed by atoms with Gasteiger partial charge in [-0.15, -0.1) is 0 Å². The number of aromatic nitrogens is 2. The molecule has 1 aromatic heterocycles. The summed E-state index contributed by atoms with van der Waals surface area (Å²) in [5, 5.41) is 7.96. The molecule has 1 rings (SSSR count). The second-order valence-corrected chi connectivity index (χ2v) is 4.03. The summed E-state index contributed by atoms with van der Waals surface area (Å²) in [6.07, 6.45) is 4.25. The Hall–Kier alpha value is -0.870. The Bertz CT molecular complexity index is 294. The molecular weight excluding hydrogens is 202 g/mol. The number of aryl methyl sites for hydroxylation is 1. The minimum atomic E-state index is 0.182. The zero-order chi connectivity index (χ0) is 12.0. The van der Waals surface area contributed by atoms with Crippen LogP contribution in [0.15, 0.2) is 12.3 Å². The maximum Gasteiger partial charge on any atom is 0.0820 e. The third-order valence-electron chi connectivity index (χ3n) is 2.74. The Morgan fingerprint density at radius 3 is 2.69 bits per heavy atom. The van der Waals surface area contributed by atoms with Crippen molar-refractivity contribution in [3.63, 3.8) is 0 Å². The number of methoxy groups -OCH3 is 1. The molecule has 16 heavy (non-hydrogen) atoms. The number of ether oxygens (including phenoxy) is 1. The van der Waals surface area contributed by atoms with Crippen LogP contribution in [0.3, 0.4) is 0 Å². The molecule has 0 aliphatic carbocycles. The normalized spacial score (nSPS) is 15.0. The summed E-state index contributed by atoms with van der Waals surface area (Å²) in [6, 6.07) is 2.24. The van der Waals surface area contributed by atoms with Crippen molar-refractivity contribution in [2.24, 2.45) is 7.05 Å². The number of hydrogen-bond donors (Lipinski definition) is 1. The van der Waals surface area contributed by atoms with Gasteiger partial charge < -0.3 is 10.1 Å². The van der Waals surface area contributed by atoms with Crippen LogP contribution in [0.1, 0.15) is 38.4 Å². The second kappa shape index (κ2) is 6.66. The molecular formula is C12H23N3O. The number of hydrogen-bond acceptors (Lipinski definition) is 3. The van der Waals surface area contributed by atoms with E-state index < -0.39 is 0 Å². The van der Waals surface area contributed by atoms with Gasteiger partial charge in [0.25, 0.3) is 0 Å². The van der Waals surface area contributed by atoms with Crippen LogP contribution in [-0.2, 0) is 11.8 Å². The molecule has 92 valence electrons. The highest BCUT2D eigenvalue weighted by Crippen LogP contribution is 2.19. The fourth-order valence-electron chi connectivity index (χ4n) is 1.86. The summed E-state index contributed by atoms with van der Waals surface area (Å²) in [6.45, 7) is 5.29. The van der Waals surface area contributed by atoms with Gasteiger partial charge in [-0.1, -0.05) is 13.8 Å². The predicted octanol–water partition coefficient (Wildman–Crippen LogP) is 1.89. The van der Waals surface area contributed by atoms with E-state index in [-0.39, 0.29) is 12.1 Å². The molecule has 0 saturated carbocycles. The van der Waals surface area contributed by atoms with Crippen molar-refractivity contribution in [2.75, 3.05) is 13.7 Å². The molecule has 2 atom stereocenters. The lowest BCUT2D eigenvalue weighted by atomic mass is 10.1. The van der Waals surface area contributed by atoms with Gasteiger partial charge in [-0.05, 0) is 25.5 Å². The molecule has 0 saturated heterocycles. The lowest BCUT2D eigenvalue weighted by molar-refractivity contribution is 0.0636. The van der Waals surface area contributed by atoms with Crippen LogP contribution in [0.5, 0.6) is 0 Å². The maximum atomic E-state index is 5.51. The first-order valence-corrected chi connectivity index (χ1v) is 5.98. The van der Waals surface area contributed by atoms with Crippen LogP contribution in [-0.4, -0.2) is 29.5 Å². The van der Waals surface area contributed by atoms with Gasteiger partial charge in [0.2, 0.25) is 0 Å². The molecule has 4 heteroatoms. The summed E-state index contributed by atoms with van der Waals surface area (Å²) in [5.74, 6) is 0. The maximum absolute atomic E-state index is 5.51. The molecule has 0 fully saturated rings. The van der Waals surface area contributed by atoms with Gasteiger partial charge in [0.15, 0.2) is 0 Å². The van der Waals surface area contributed by atoms with Gasteiger partial charge >= 0.3 is 0 Å². The Morgan fingerprint density at radius 2 is 2.25 bits per heavy atom. The van der Waals surface area contributed by atoms with Crippen molar-refractivity contribution >= 4 is 0 Å². The molecule has 1 aromatic rings. The van der Waals surface area contributed by atoms with Gasteiger partial charge in [-0.3, -0.25) is 4.68 Å². The fraction of sp³-hybridized carbons (Fsp3) is 0.750. The highest BCUT2D eigenvalue weighted by atomic mass is 16.5. The van der Waals surface area contributed by atoms with Crippen molar-refractivity contribution in [1.29, 1.82) is 0 Å². The molecule has 0 aliphatic heterocycles. The molecule has 0 aromatic carbocycles. The second-order valence-electron chi connectivity index (χ2n) is 4.03. The Balaban J connectivity index is 2.77. The summed E-state index contributed by atoms with van der Waals surface area (Å²) >= 11 is 0. The van der Waals surface area contributed by atoms with Gasteiger partial charge in [-0.2, -0.15) is 5.10 Å². The zero-order valence-corrected chi connectivity index (χ0v) is 10.7. The van der Waals surface area contributed by atoms with Crippen molar-refractivity contribution in [2.45, 2.75) is 38.8 Å². The third-order valence-corrected chi connectivity index (χ3v) is 2.74. The summed E-state index contributed by atoms with van der Waals surface area (Å²) in [5.41, 5.74) is 1.06. The van der Waals surface area contributed by atoms with Gasteiger partial charge in [0.05, 0.1) is 17.8 Å². The van der Waals surface area contributed by atoms with E-state index in [1.807, 2.05) is 17.9 Å². The van der Waals surface area contributed by atoms with Crippen LogP contribution in [0.4, 0.5) is 0 Å². The van der Waals surface area contributed by atoms with Gasteiger partial charge in [-0.25, -0.2) is 0 Å². The van der Waals surface area contributed by atoms with Crippen molar-refractivity contribution < 1.29 is 4.74 Å². The van der Waals surface area contributed by atoms with E-state index in [4.69, 9.17) is 4.74 Å². The Kier molecular flexibility index (Phi) is 5.49. The van der Waals surface area contributed by atoms with Gasteiger partial charge in [0, 0.05) is 20.4 Å². The molecule has 2 unspecified atom stereocenters. The number of nitrogens with one attached hydrogen (secondary N) is 1. The van der Waals surface area contributed by atoms with Crippen LogP contribution in [0, 0.1) is 0 Å². The first-order chi connectivity index (χ1) is 7.72. The van der Waals surface area contributed by atoms with Crippen molar-refractivity contribution in [3.8, 4) is 0 Å². The smallest absolute Gasteiger partial charge is 0.0820 e. The summed E-state index contributed by atoms with van der Waals surface area (Å²) in [7, 11) is 3.70. The van der Waals surface area contributed by atoms with E-state index in [9.17, 15) is 0 Å². The monoisotopic (exact) mass is 225 g/mol. The first-order valence-electron chi connectivity index (χ1n) is 5.98. The summed E-state index contributed by atoms with van der Waals surface area (Å²) in [4.78, 5) is 0. The molecule has 0 amide bonds. The highest BCUT2D eigenvalue weighted by Gasteiger charge is 2.22. The van der Waals surface area contributed by atoms with E-state index in [0.717, 1.165) is 25.1 Å². The van der Waals surface area contributed by atoms with E-state index in [1.54, 1.807) is 7.11 Å². The van der Waals surface area contributed by atoms with Crippen molar-refractivity contribution in [3.05, 3.63) is 18.0 Å². The van der Waals surface area contributed by atoms with E-state index in [2.05, 4.69) is 30.3 Å². The Morgan fingerprint density at radius 1 is 1.50 bits per heavy atom. The van der Waals surface area contributed by atoms with Gasteiger partial charge in [0.1, 0.15) is 0 Å². The minimum absolute atomic E-state index is 0.182. The fourth-order valence-corrected chi connectivity index (χ4v) is 1.86. The molecule has 0 spiro atoms. The van der Waals surface area contributed by atoms with E-state index >= 15 is 0 Å². The molecule has 0 bridgehead atoms. The van der Waals surface area contributed by atoms with E-state index in [1.165, 1.54) is 0 Å². The van der Waals surface area contributed by atoms with Crippen LogP contribution in [0.2, 0.25) is 0 Å². The molecule has 0 aliphatic rings. The molecule has 1 heterocycles. The number of nitrogens with zero attached hydrogens (tertiary/aromatic N) is 2. The first kappa shape index (κ1) is 13.2. The SMILES string of the molecule is CCCNC(c1ccn(C)n1)C(CC)OC. The zero-order valence-electron chi connectivity index (χ0n) is 10.7. The molecule has 1 N–H and O–H groups in total. The average molecular weight is 225 g/mol. The standard InChI is InChI=1S/C12H23N3O/c1-5-8-13-12(11(6-2)16-4)10-7-9-15(3)14-10/h7,9,11-13H,5-6,8H2,1-4H3. The highest BCUT2D eigenvalue weighted by molar-refractivity contribution is 5.07. The van der Waals surface area contributed by atoms with Crippen LogP contribution >= 0.6 is 0 Å². The predicted molar refractivity (Wildman–Crippen MR) is 65.3 cm³/mol. The lowest BCUT2D eigenvalue weighted by Gasteiger charge is -2.24. The van der Waals surface area contributed by atoms with Crippen molar-refractivity contribution in [1.82, 2.24) is 15.1 Å². The number of rotatable bonds is 7. The summed E-state index contributed by atoms with van der Waals surface area (Å²) < 4.78 is 7.34. The third kappa shape index (κ3) is 3.32. The molecule has 0 radical (unpaired) electrons. The topological polar surface area (TPSA) is 39.1 Å². The lowest BCUT2D eigenvalue weighted by Crippen LogP contribution is -2.33. The Labute approximate surface area is 98.0 Å². The van der Waals surface area contributed by atoms with Crippen LogP contribution in [0.25, 0.3) is 0 Å². The quantitative estimate of drug-likeness (QED) is 0.770. The largest absolute Gasteiger partial charge is 0.379 e. The average Bonchev–Trinajstić information content (AvgIpc) is 2.71. The van der Waals surface area contributed by atoms with Crippen LogP contribution < -0.4 is 5.32 Å². The van der Waals surface area contributed by atoms with E-state index in [0.29, 0.717) is 0 Å². The minimum Gasteiger partial charge on any atom is -0.379 e.